The van der Waals surface area contributed by atoms with Crippen molar-refractivity contribution in [3.63, 3.8) is 0 Å². The van der Waals surface area contributed by atoms with E-state index in [-0.39, 0.29) is 16.2 Å². The second kappa shape index (κ2) is 10.3. The van der Waals surface area contributed by atoms with Gasteiger partial charge in [0.25, 0.3) is 0 Å². The third-order valence-electron chi connectivity index (χ3n) is 5.76. The molecule has 0 saturated carbocycles. The van der Waals surface area contributed by atoms with Gasteiger partial charge < -0.3 is 0 Å². The zero-order chi connectivity index (χ0) is 25.1. The topological polar surface area (TPSA) is 101 Å². The van der Waals surface area contributed by atoms with Crippen LogP contribution in [0.2, 0.25) is 0 Å². The molecule has 0 saturated heterocycles. The molecule has 7 nitrogen and oxygen atoms in total. The third-order valence-corrected chi connectivity index (χ3v) is 8.11. The van der Waals surface area contributed by atoms with Crippen LogP contribution in [0.3, 0.4) is 0 Å². The maximum Gasteiger partial charge on any atom is 0.244 e. The second-order valence-electron chi connectivity index (χ2n) is 9.53. The molecule has 1 amide bonds. The predicted molar refractivity (Wildman–Crippen MR) is 137 cm³/mol. The lowest BCUT2D eigenvalue weighted by Gasteiger charge is -2.23. The molecular weight excluding hydrogens is 468 g/mol. The van der Waals surface area contributed by atoms with Gasteiger partial charge in [0.15, 0.2) is 0 Å². The van der Waals surface area contributed by atoms with Crippen LogP contribution in [0, 0.1) is 12.8 Å². The van der Waals surface area contributed by atoms with Crippen molar-refractivity contribution in [3.05, 3.63) is 59.7 Å². The molecule has 3 aromatic rings. The lowest BCUT2D eigenvalue weighted by atomic mass is 9.87. The number of nitrogens with one attached hydrogen (secondary N) is 2. The van der Waals surface area contributed by atoms with Gasteiger partial charge in [-0.3, -0.25) is 10.1 Å². The van der Waals surface area contributed by atoms with Crippen molar-refractivity contribution in [2.45, 2.75) is 64.3 Å². The normalized spacial score (nSPS) is 13.9. The monoisotopic (exact) mass is 500 g/mol. The minimum atomic E-state index is -3.90. The van der Waals surface area contributed by atoms with Crippen molar-refractivity contribution in [3.8, 4) is 10.6 Å². The standard InChI is InChI=1S/C25H32N4O3S2/c1-7-17(3)21(29-34(31,32)20-14-12-19(13-15-20)25(4,5)6)22(30)26-24-28-27-23(33-24)18-10-8-16(2)9-11-18/h8-15,17,21,29H,7H2,1-6H3,(H,26,28,30)/t17-,21+/m1/s1. The summed E-state index contributed by atoms with van der Waals surface area (Å²) in [5, 5.41) is 12.0. The number of hydrogen-bond donors (Lipinski definition) is 2. The summed E-state index contributed by atoms with van der Waals surface area (Å²) in [5.41, 5.74) is 2.98. The van der Waals surface area contributed by atoms with Crippen LogP contribution in [-0.2, 0) is 20.2 Å². The molecule has 0 radical (unpaired) electrons. The van der Waals surface area contributed by atoms with Crippen molar-refractivity contribution in [1.82, 2.24) is 14.9 Å². The van der Waals surface area contributed by atoms with Crippen LogP contribution in [0.25, 0.3) is 10.6 Å². The smallest absolute Gasteiger partial charge is 0.244 e. The molecule has 0 unspecified atom stereocenters. The highest BCUT2D eigenvalue weighted by Crippen LogP contribution is 2.27. The number of amides is 1. The summed E-state index contributed by atoms with van der Waals surface area (Å²) < 4.78 is 28.8. The molecule has 182 valence electrons. The summed E-state index contributed by atoms with van der Waals surface area (Å²) in [5.74, 6) is -0.691. The zero-order valence-electron chi connectivity index (χ0n) is 20.4. The summed E-state index contributed by atoms with van der Waals surface area (Å²) in [6.07, 6.45) is 0.619. The number of benzene rings is 2. The zero-order valence-corrected chi connectivity index (χ0v) is 22.0. The number of aryl methyl sites for hydroxylation is 1. The Morgan fingerprint density at radius 2 is 1.65 bits per heavy atom. The minimum absolute atomic E-state index is 0.0892. The number of anilines is 1. The Morgan fingerprint density at radius 1 is 1.03 bits per heavy atom. The Bertz CT molecular complexity index is 1230. The van der Waals surface area contributed by atoms with Gasteiger partial charge in [0, 0.05) is 5.56 Å². The van der Waals surface area contributed by atoms with E-state index in [4.69, 9.17) is 0 Å². The summed E-state index contributed by atoms with van der Waals surface area (Å²) in [4.78, 5) is 13.2. The van der Waals surface area contributed by atoms with Gasteiger partial charge in [-0.1, -0.05) is 94.3 Å². The highest BCUT2D eigenvalue weighted by Gasteiger charge is 2.30. The molecule has 1 heterocycles. The van der Waals surface area contributed by atoms with Crippen LogP contribution < -0.4 is 10.0 Å². The largest absolute Gasteiger partial charge is 0.299 e. The van der Waals surface area contributed by atoms with Crippen LogP contribution in [-0.4, -0.2) is 30.6 Å². The third kappa shape index (κ3) is 6.28. The van der Waals surface area contributed by atoms with Crippen molar-refractivity contribution in [1.29, 1.82) is 0 Å². The summed E-state index contributed by atoms with van der Waals surface area (Å²) in [6.45, 7) is 12.0. The number of nitrogens with zero attached hydrogens (tertiary/aromatic N) is 2. The van der Waals surface area contributed by atoms with Crippen LogP contribution in [0.15, 0.2) is 53.4 Å². The van der Waals surface area contributed by atoms with Crippen LogP contribution in [0.1, 0.15) is 52.2 Å². The van der Waals surface area contributed by atoms with Gasteiger partial charge in [0.2, 0.25) is 21.1 Å². The van der Waals surface area contributed by atoms with E-state index >= 15 is 0 Å². The lowest BCUT2D eigenvalue weighted by molar-refractivity contribution is -0.118. The second-order valence-corrected chi connectivity index (χ2v) is 12.2. The fourth-order valence-electron chi connectivity index (χ4n) is 3.30. The number of rotatable bonds is 8. The van der Waals surface area contributed by atoms with E-state index in [1.165, 1.54) is 11.3 Å². The fourth-order valence-corrected chi connectivity index (χ4v) is 5.36. The average Bonchev–Trinajstić information content (AvgIpc) is 3.25. The van der Waals surface area contributed by atoms with E-state index in [0.29, 0.717) is 16.6 Å². The van der Waals surface area contributed by atoms with Gasteiger partial charge in [0.05, 0.1) is 4.90 Å². The van der Waals surface area contributed by atoms with Crippen molar-refractivity contribution >= 4 is 32.4 Å². The van der Waals surface area contributed by atoms with E-state index in [1.54, 1.807) is 24.3 Å². The number of aromatic nitrogens is 2. The van der Waals surface area contributed by atoms with Crippen LogP contribution in [0.4, 0.5) is 5.13 Å². The first-order valence-corrected chi connectivity index (χ1v) is 13.5. The molecule has 2 atom stereocenters. The fraction of sp³-hybridized carbons (Fsp3) is 0.400. The molecule has 0 spiro atoms. The quantitative estimate of drug-likeness (QED) is 0.446. The number of carbonyl (C=O) groups is 1. The van der Waals surface area contributed by atoms with E-state index in [1.807, 2.05) is 45.0 Å². The van der Waals surface area contributed by atoms with E-state index < -0.39 is 22.0 Å². The molecule has 0 bridgehead atoms. The Hall–Kier alpha value is -2.62. The molecule has 0 aliphatic heterocycles. The summed E-state index contributed by atoms with van der Waals surface area (Å²) in [7, 11) is -3.90. The molecule has 0 aliphatic rings. The number of sulfonamides is 1. The van der Waals surface area contributed by atoms with Crippen LogP contribution in [0.5, 0.6) is 0 Å². The van der Waals surface area contributed by atoms with Crippen molar-refractivity contribution in [2.75, 3.05) is 5.32 Å². The molecular formula is C25H32N4O3S2. The molecule has 34 heavy (non-hydrogen) atoms. The molecule has 2 N–H and O–H groups in total. The molecule has 9 heteroatoms. The highest BCUT2D eigenvalue weighted by molar-refractivity contribution is 7.89. The predicted octanol–water partition coefficient (Wildman–Crippen LogP) is 5.14. The first-order valence-electron chi connectivity index (χ1n) is 11.2. The first-order chi connectivity index (χ1) is 15.9. The first kappa shape index (κ1) is 26.0. The molecule has 0 aliphatic carbocycles. The maximum atomic E-state index is 13.1. The Kier molecular flexibility index (Phi) is 7.90. The summed E-state index contributed by atoms with van der Waals surface area (Å²) >= 11 is 1.24. The maximum absolute atomic E-state index is 13.1. The Morgan fingerprint density at radius 3 is 2.21 bits per heavy atom. The van der Waals surface area contributed by atoms with Crippen molar-refractivity contribution in [2.24, 2.45) is 5.92 Å². The van der Waals surface area contributed by atoms with Gasteiger partial charge in [-0.05, 0) is 36.0 Å². The number of hydrogen-bond acceptors (Lipinski definition) is 6. The van der Waals surface area contributed by atoms with Gasteiger partial charge >= 0.3 is 0 Å². The summed E-state index contributed by atoms with van der Waals surface area (Å²) in [6, 6.07) is 13.7. The molecule has 1 aromatic heterocycles. The molecule has 3 rings (SSSR count). The average molecular weight is 501 g/mol. The van der Waals surface area contributed by atoms with E-state index in [9.17, 15) is 13.2 Å². The lowest BCUT2D eigenvalue weighted by Crippen LogP contribution is -2.47. The molecule has 0 fully saturated rings. The minimum Gasteiger partial charge on any atom is -0.299 e. The highest BCUT2D eigenvalue weighted by atomic mass is 32.2. The van der Waals surface area contributed by atoms with Gasteiger partial charge in [-0.15, -0.1) is 10.2 Å². The van der Waals surface area contributed by atoms with E-state index in [0.717, 1.165) is 16.7 Å². The Balaban J connectivity index is 1.78. The van der Waals surface area contributed by atoms with Gasteiger partial charge in [-0.2, -0.15) is 4.72 Å². The van der Waals surface area contributed by atoms with Gasteiger partial charge in [0.1, 0.15) is 11.0 Å². The molecule has 2 aromatic carbocycles. The van der Waals surface area contributed by atoms with Crippen LogP contribution >= 0.6 is 11.3 Å². The Labute approximate surface area is 206 Å². The SMILES string of the molecule is CC[C@@H](C)[C@H](NS(=O)(=O)c1ccc(C(C)(C)C)cc1)C(=O)Nc1nnc(-c2ccc(C)cc2)s1. The van der Waals surface area contributed by atoms with E-state index in [2.05, 4.69) is 41.0 Å². The number of carbonyl (C=O) groups excluding carboxylic acids is 1. The van der Waals surface area contributed by atoms with Crippen molar-refractivity contribution < 1.29 is 13.2 Å². The van der Waals surface area contributed by atoms with Gasteiger partial charge in [-0.25, -0.2) is 8.42 Å².